The van der Waals surface area contributed by atoms with Gasteiger partial charge in [-0.25, -0.2) is 24.0 Å². The van der Waals surface area contributed by atoms with Crippen LogP contribution in [0.4, 0.5) is 0 Å². The molecule has 0 saturated carbocycles. The summed E-state index contributed by atoms with van der Waals surface area (Å²) in [7, 11) is 1.08. The highest BCUT2D eigenvalue weighted by molar-refractivity contribution is 5.92. The van der Waals surface area contributed by atoms with Crippen molar-refractivity contribution in [3.63, 3.8) is 0 Å². The molecule has 2 saturated heterocycles. The van der Waals surface area contributed by atoms with Gasteiger partial charge in [0.05, 0.1) is 36.0 Å². The molecule has 400 valence electrons. The molecule has 10 atom stereocenters. The molecule has 7 rings (SSSR count). The Bertz CT molecular complexity index is 2680. The molecule has 2 aliphatic heterocycles. The van der Waals surface area contributed by atoms with Crippen LogP contribution >= 0.6 is 0 Å². The van der Waals surface area contributed by atoms with E-state index >= 15 is 0 Å². The summed E-state index contributed by atoms with van der Waals surface area (Å²) in [5.41, 5.74) is 10.0. The molecule has 0 amide bonds. The quantitative estimate of drug-likeness (QED) is 0.0133. The summed E-state index contributed by atoms with van der Waals surface area (Å²) in [5.74, 6) is -4.40. The van der Waals surface area contributed by atoms with E-state index in [-0.39, 0.29) is 42.0 Å². The minimum atomic E-state index is -1.95. The van der Waals surface area contributed by atoms with Crippen LogP contribution in [-0.2, 0) is 58.6 Å². The first-order chi connectivity index (χ1) is 37.1. The maximum Gasteiger partial charge on any atom is 0.339 e. The molecular formula is C57H61N3O16. The van der Waals surface area contributed by atoms with Crippen molar-refractivity contribution >= 4 is 29.8 Å². The van der Waals surface area contributed by atoms with Crippen LogP contribution in [0.1, 0.15) is 86.5 Å². The van der Waals surface area contributed by atoms with Gasteiger partial charge in [0, 0.05) is 24.7 Å². The molecular weight excluding hydrogens is 983 g/mol. The van der Waals surface area contributed by atoms with Gasteiger partial charge in [0.2, 0.25) is 6.29 Å². The number of carbonyl (C=O) groups excluding carboxylic acids is 5. The maximum atomic E-state index is 14.4. The zero-order valence-electron chi connectivity index (χ0n) is 42.4. The van der Waals surface area contributed by atoms with Crippen LogP contribution in [0.25, 0.3) is 10.4 Å². The molecule has 5 aromatic rings. The smallest absolute Gasteiger partial charge is 0.339 e. The monoisotopic (exact) mass is 1040 g/mol. The Kier molecular flexibility index (Phi) is 21.3. The topological polar surface area (TPSA) is 236 Å². The molecule has 0 bridgehead atoms. The number of carbonyl (C=O) groups is 5. The van der Waals surface area contributed by atoms with E-state index in [2.05, 4.69) is 10.0 Å². The summed E-state index contributed by atoms with van der Waals surface area (Å²) in [6.07, 6.45) is -13.1. The third-order valence-corrected chi connectivity index (χ3v) is 12.3. The Morgan fingerprint density at radius 3 is 1.54 bits per heavy atom. The average Bonchev–Trinajstić information content (AvgIpc) is 3.47. The number of azide groups is 1. The average molecular weight is 1040 g/mol. The fourth-order valence-electron chi connectivity index (χ4n) is 8.32. The van der Waals surface area contributed by atoms with E-state index in [1.165, 1.54) is 36.4 Å². The highest BCUT2D eigenvalue weighted by Gasteiger charge is 2.59. The third-order valence-electron chi connectivity index (χ3n) is 12.3. The largest absolute Gasteiger partial charge is 0.467 e. The zero-order valence-corrected chi connectivity index (χ0v) is 42.4. The first kappa shape index (κ1) is 56.1. The second-order valence-electron chi connectivity index (χ2n) is 17.6. The number of unbranched alkanes of at least 4 members (excludes halogenated alkanes) is 2. The van der Waals surface area contributed by atoms with Crippen LogP contribution in [0, 0.1) is 0 Å². The SMILES string of the molecule is CCCCOCC1O[C@@H](Oc2ccc(CCN=[N+]=[N-])cc2)C(OCCCC)C(O[C@@H]2OC(C(=O)OC)[C@@H](OC(=O)c3ccccc3)C(OC(=O)c3ccccc3)C2OC(=O)c2ccccc2)[C@H]1OC(=O)c1ccccc1. The van der Waals surface area contributed by atoms with Crippen LogP contribution < -0.4 is 4.74 Å². The van der Waals surface area contributed by atoms with Crippen LogP contribution in [0.5, 0.6) is 5.75 Å². The lowest BCUT2D eigenvalue weighted by molar-refractivity contribution is -0.351. The van der Waals surface area contributed by atoms with Gasteiger partial charge in [-0.2, -0.15) is 0 Å². The van der Waals surface area contributed by atoms with Gasteiger partial charge in [0.15, 0.2) is 36.8 Å². The first-order valence-corrected chi connectivity index (χ1v) is 25.2. The molecule has 2 aliphatic rings. The van der Waals surface area contributed by atoms with Crippen molar-refractivity contribution in [2.45, 2.75) is 107 Å². The Morgan fingerprint density at radius 2 is 1.04 bits per heavy atom. The molecule has 5 aromatic carbocycles. The van der Waals surface area contributed by atoms with Crippen molar-refractivity contribution < 1.29 is 76.1 Å². The fraction of sp³-hybridized carbons (Fsp3) is 0.386. The summed E-state index contributed by atoms with van der Waals surface area (Å²) >= 11 is 0. The van der Waals surface area contributed by atoms with Gasteiger partial charge in [0.1, 0.15) is 24.1 Å². The zero-order chi connectivity index (χ0) is 53.7. The van der Waals surface area contributed by atoms with Crippen molar-refractivity contribution in [3.05, 3.63) is 184 Å². The molecule has 19 nitrogen and oxygen atoms in total. The van der Waals surface area contributed by atoms with Gasteiger partial charge in [-0.1, -0.05) is 117 Å². The number of methoxy groups -OCH3 is 1. The van der Waals surface area contributed by atoms with E-state index in [0.717, 1.165) is 19.1 Å². The van der Waals surface area contributed by atoms with Gasteiger partial charge in [-0.05, 0) is 91.0 Å². The number of ether oxygens (including phenoxy) is 11. The van der Waals surface area contributed by atoms with E-state index in [0.29, 0.717) is 38.0 Å². The molecule has 0 radical (unpaired) electrons. The van der Waals surface area contributed by atoms with Crippen molar-refractivity contribution in [2.75, 3.05) is 33.5 Å². The number of nitrogens with zero attached hydrogens (tertiary/aromatic N) is 3. The minimum absolute atomic E-state index is 0.0543. The molecule has 0 spiro atoms. The third kappa shape index (κ3) is 15.2. The standard InChI is InChI=1S/C57H61N3O16/c1-4-6-34-67-36-43-44(71-51(61)38-20-12-8-13-21-38)45(49(68-35-7-5-2)56(70-43)69-42-30-28-37(29-31-42)32-33-59-60-58)75-57-50(74-54(64)41-26-18-11-19-27-41)47(73-53(63)40-24-16-10-17-25-40)46(48(76-57)55(65)66-3)72-52(62)39-22-14-9-15-23-39/h8-31,43-50,56-57H,4-7,32-36H2,1-3H3/t43?,44-,45?,46-,47?,48?,49?,50?,56+,57+/m0/s1. The number of benzene rings is 5. The minimum Gasteiger partial charge on any atom is -0.467 e. The lowest BCUT2D eigenvalue weighted by atomic mass is 9.95. The van der Waals surface area contributed by atoms with E-state index in [4.69, 9.17) is 57.6 Å². The summed E-state index contributed by atoms with van der Waals surface area (Å²) in [6, 6.07) is 38.8. The van der Waals surface area contributed by atoms with E-state index in [1.54, 1.807) is 109 Å². The fourth-order valence-corrected chi connectivity index (χ4v) is 8.32. The van der Waals surface area contributed by atoms with Gasteiger partial charge >= 0.3 is 29.8 Å². The summed E-state index contributed by atoms with van der Waals surface area (Å²) in [4.78, 5) is 74.1. The van der Waals surface area contributed by atoms with Gasteiger partial charge < -0.3 is 52.1 Å². The van der Waals surface area contributed by atoms with E-state index in [1.807, 2.05) is 13.8 Å². The Labute approximate surface area is 440 Å². The van der Waals surface area contributed by atoms with Crippen LogP contribution in [0.15, 0.2) is 151 Å². The summed E-state index contributed by atoms with van der Waals surface area (Å²) < 4.78 is 70.0. The summed E-state index contributed by atoms with van der Waals surface area (Å²) in [6.45, 7) is 4.46. The molecule has 6 unspecified atom stereocenters. The molecule has 76 heavy (non-hydrogen) atoms. The Morgan fingerprint density at radius 1 is 0.553 bits per heavy atom. The first-order valence-electron chi connectivity index (χ1n) is 25.2. The van der Waals surface area contributed by atoms with Crippen molar-refractivity contribution in [2.24, 2.45) is 5.11 Å². The molecule has 19 heteroatoms. The lowest BCUT2D eigenvalue weighted by Gasteiger charge is -2.48. The number of hydrogen-bond acceptors (Lipinski definition) is 17. The highest BCUT2D eigenvalue weighted by Crippen LogP contribution is 2.37. The Hall–Kier alpha value is -7.64. The van der Waals surface area contributed by atoms with Crippen LogP contribution in [0.3, 0.4) is 0 Å². The molecule has 2 heterocycles. The predicted octanol–water partition coefficient (Wildman–Crippen LogP) is 8.83. The Balaban J connectivity index is 1.39. The summed E-state index contributed by atoms with van der Waals surface area (Å²) in [5, 5.41) is 3.63. The number of esters is 5. The molecule has 0 aliphatic carbocycles. The van der Waals surface area contributed by atoms with Crippen molar-refractivity contribution in [3.8, 4) is 5.75 Å². The molecule has 2 fully saturated rings. The lowest BCUT2D eigenvalue weighted by Crippen LogP contribution is -2.68. The normalized spacial score (nSPS) is 22.9. The molecule has 0 N–H and O–H groups in total. The van der Waals surface area contributed by atoms with E-state index < -0.39 is 91.3 Å². The van der Waals surface area contributed by atoms with Gasteiger partial charge in [-0.3, -0.25) is 0 Å². The van der Waals surface area contributed by atoms with Crippen LogP contribution in [-0.4, -0.2) is 125 Å². The van der Waals surface area contributed by atoms with E-state index in [9.17, 15) is 24.0 Å². The van der Waals surface area contributed by atoms with Gasteiger partial charge in [-0.15, -0.1) is 0 Å². The van der Waals surface area contributed by atoms with Gasteiger partial charge in [0.25, 0.3) is 0 Å². The number of hydrogen-bond donors (Lipinski definition) is 0. The van der Waals surface area contributed by atoms with Crippen LogP contribution in [0.2, 0.25) is 0 Å². The number of rotatable bonds is 25. The maximum absolute atomic E-state index is 14.4. The second-order valence-corrected chi connectivity index (χ2v) is 17.6. The predicted molar refractivity (Wildman–Crippen MR) is 272 cm³/mol. The van der Waals surface area contributed by atoms with Crippen molar-refractivity contribution in [1.29, 1.82) is 0 Å². The second kappa shape index (κ2) is 28.9. The molecule has 0 aromatic heterocycles. The highest BCUT2D eigenvalue weighted by atomic mass is 16.8. The van der Waals surface area contributed by atoms with Crippen molar-refractivity contribution in [1.82, 2.24) is 0 Å².